The standard InChI is InChI=1S/C6H12N2OS/c1-8(2)6(9)5-3-10-4-7-5/h5,7H,3-4H2,1-2H3. The molecule has 1 saturated heterocycles. The van der Waals surface area contributed by atoms with Crippen LogP contribution in [0.5, 0.6) is 0 Å². The summed E-state index contributed by atoms with van der Waals surface area (Å²) < 4.78 is 0. The highest BCUT2D eigenvalue weighted by Crippen LogP contribution is 2.10. The molecule has 0 aromatic carbocycles. The first kappa shape index (κ1) is 7.88. The summed E-state index contributed by atoms with van der Waals surface area (Å²) in [5.41, 5.74) is 0. The Morgan fingerprint density at radius 2 is 2.40 bits per heavy atom. The second kappa shape index (κ2) is 3.25. The third kappa shape index (κ3) is 1.64. The summed E-state index contributed by atoms with van der Waals surface area (Å²) in [7, 11) is 3.57. The molecule has 1 fully saturated rings. The van der Waals surface area contributed by atoms with Crippen LogP contribution in [0.4, 0.5) is 0 Å². The molecule has 1 amide bonds. The summed E-state index contributed by atoms with van der Waals surface area (Å²) in [6, 6.07) is 0.0556. The summed E-state index contributed by atoms with van der Waals surface area (Å²) in [5.74, 6) is 2.01. The van der Waals surface area contributed by atoms with Gasteiger partial charge in [-0.3, -0.25) is 10.1 Å². The number of thioether (sulfide) groups is 1. The van der Waals surface area contributed by atoms with Gasteiger partial charge in [-0.15, -0.1) is 11.8 Å². The average molecular weight is 160 g/mol. The van der Waals surface area contributed by atoms with Gasteiger partial charge in [0.2, 0.25) is 5.91 Å². The fourth-order valence-electron chi connectivity index (χ4n) is 0.865. The fourth-order valence-corrected chi connectivity index (χ4v) is 1.80. The van der Waals surface area contributed by atoms with E-state index in [4.69, 9.17) is 0 Å². The molecular weight excluding hydrogens is 148 g/mol. The van der Waals surface area contributed by atoms with Crippen LogP contribution in [0.3, 0.4) is 0 Å². The van der Waals surface area contributed by atoms with E-state index in [1.54, 1.807) is 30.8 Å². The van der Waals surface area contributed by atoms with Gasteiger partial charge in [0, 0.05) is 25.7 Å². The Kier molecular flexibility index (Phi) is 2.56. The largest absolute Gasteiger partial charge is 0.347 e. The van der Waals surface area contributed by atoms with Crippen molar-refractivity contribution in [1.29, 1.82) is 0 Å². The highest BCUT2D eigenvalue weighted by atomic mass is 32.2. The minimum Gasteiger partial charge on any atom is -0.347 e. The van der Waals surface area contributed by atoms with Crippen LogP contribution < -0.4 is 5.32 Å². The lowest BCUT2D eigenvalue weighted by molar-refractivity contribution is -0.130. The van der Waals surface area contributed by atoms with Crippen LogP contribution in [0, 0.1) is 0 Å². The molecule has 1 aliphatic heterocycles. The molecular formula is C6H12N2OS. The van der Waals surface area contributed by atoms with Gasteiger partial charge in [0.05, 0.1) is 6.04 Å². The summed E-state index contributed by atoms with van der Waals surface area (Å²) >= 11 is 1.77. The monoisotopic (exact) mass is 160 g/mol. The third-order valence-corrected chi connectivity index (χ3v) is 2.40. The zero-order chi connectivity index (χ0) is 7.56. The normalized spacial score (nSPS) is 24.8. The van der Waals surface area contributed by atoms with Crippen molar-refractivity contribution in [2.75, 3.05) is 25.7 Å². The van der Waals surface area contributed by atoms with Crippen LogP contribution in [0.2, 0.25) is 0 Å². The Hall–Kier alpha value is -0.220. The number of hydrogen-bond acceptors (Lipinski definition) is 3. The predicted molar refractivity (Wildman–Crippen MR) is 42.9 cm³/mol. The van der Waals surface area contributed by atoms with Crippen molar-refractivity contribution < 1.29 is 4.79 Å². The predicted octanol–water partition coefficient (Wildman–Crippen LogP) is -0.263. The first-order chi connectivity index (χ1) is 4.72. The second-order valence-corrected chi connectivity index (χ2v) is 3.53. The average Bonchev–Trinajstić information content (AvgIpc) is 2.36. The molecule has 10 heavy (non-hydrogen) atoms. The first-order valence-electron chi connectivity index (χ1n) is 3.24. The van der Waals surface area contributed by atoms with Gasteiger partial charge in [0.25, 0.3) is 0 Å². The van der Waals surface area contributed by atoms with Crippen LogP contribution in [0.15, 0.2) is 0 Å². The number of carbonyl (C=O) groups is 1. The molecule has 4 heteroatoms. The van der Waals surface area contributed by atoms with Gasteiger partial charge >= 0.3 is 0 Å². The molecule has 0 saturated carbocycles. The zero-order valence-electron chi connectivity index (χ0n) is 6.26. The Balaban J connectivity index is 2.40. The van der Waals surface area contributed by atoms with Gasteiger partial charge in [-0.25, -0.2) is 0 Å². The molecule has 0 aliphatic carbocycles. The van der Waals surface area contributed by atoms with Crippen LogP contribution in [0.25, 0.3) is 0 Å². The van der Waals surface area contributed by atoms with E-state index in [9.17, 15) is 4.79 Å². The number of carbonyl (C=O) groups excluding carboxylic acids is 1. The van der Waals surface area contributed by atoms with Gasteiger partial charge in [-0.1, -0.05) is 0 Å². The summed E-state index contributed by atoms with van der Waals surface area (Å²) in [6.07, 6.45) is 0. The second-order valence-electron chi connectivity index (χ2n) is 2.50. The quantitative estimate of drug-likeness (QED) is 0.573. The van der Waals surface area contributed by atoms with Crippen molar-refractivity contribution >= 4 is 17.7 Å². The lowest BCUT2D eigenvalue weighted by Gasteiger charge is -2.14. The molecule has 0 spiro atoms. The van der Waals surface area contributed by atoms with Crippen LogP contribution in [-0.4, -0.2) is 42.6 Å². The first-order valence-corrected chi connectivity index (χ1v) is 4.39. The van der Waals surface area contributed by atoms with Gasteiger partial charge < -0.3 is 4.90 Å². The number of nitrogens with zero attached hydrogens (tertiary/aromatic N) is 1. The van der Waals surface area contributed by atoms with E-state index >= 15 is 0 Å². The molecule has 0 radical (unpaired) electrons. The molecule has 1 unspecified atom stereocenters. The van der Waals surface area contributed by atoms with Gasteiger partial charge in [-0.05, 0) is 0 Å². The van der Waals surface area contributed by atoms with E-state index < -0.39 is 0 Å². The molecule has 1 atom stereocenters. The molecule has 0 aromatic heterocycles. The summed E-state index contributed by atoms with van der Waals surface area (Å²) in [5, 5.41) is 3.11. The van der Waals surface area contributed by atoms with E-state index in [0.717, 1.165) is 11.6 Å². The van der Waals surface area contributed by atoms with E-state index in [2.05, 4.69) is 5.32 Å². The number of amides is 1. The van der Waals surface area contributed by atoms with Crippen molar-refractivity contribution in [3.05, 3.63) is 0 Å². The smallest absolute Gasteiger partial charge is 0.240 e. The van der Waals surface area contributed by atoms with E-state index in [-0.39, 0.29) is 11.9 Å². The van der Waals surface area contributed by atoms with Gasteiger partial charge in [0.15, 0.2) is 0 Å². The highest BCUT2D eigenvalue weighted by molar-refractivity contribution is 7.99. The molecule has 3 nitrogen and oxygen atoms in total. The maximum atomic E-state index is 11.2. The Morgan fingerprint density at radius 1 is 1.70 bits per heavy atom. The lowest BCUT2D eigenvalue weighted by atomic mass is 10.3. The maximum absolute atomic E-state index is 11.2. The topological polar surface area (TPSA) is 32.3 Å². The molecule has 0 aromatic rings. The molecule has 58 valence electrons. The van der Waals surface area contributed by atoms with E-state index in [0.29, 0.717) is 0 Å². The van der Waals surface area contributed by atoms with E-state index in [1.165, 1.54) is 0 Å². The number of nitrogens with one attached hydrogen (secondary N) is 1. The molecule has 1 heterocycles. The molecule has 0 bridgehead atoms. The van der Waals surface area contributed by atoms with Gasteiger partial charge in [-0.2, -0.15) is 0 Å². The third-order valence-electron chi connectivity index (χ3n) is 1.46. The molecule has 1 rings (SSSR count). The Bertz CT molecular complexity index is 132. The SMILES string of the molecule is CN(C)C(=O)C1CSCN1. The van der Waals surface area contributed by atoms with Gasteiger partial charge in [0.1, 0.15) is 0 Å². The Labute approximate surface area is 65.2 Å². The van der Waals surface area contributed by atoms with E-state index in [1.807, 2.05) is 0 Å². The number of hydrogen-bond donors (Lipinski definition) is 1. The molecule has 1 aliphatic rings. The zero-order valence-corrected chi connectivity index (χ0v) is 7.07. The van der Waals surface area contributed by atoms with Crippen LogP contribution >= 0.6 is 11.8 Å². The van der Waals surface area contributed by atoms with Crippen LogP contribution in [-0.2, 0) is 4.79 Å². The highest BCUT2D eigenvalue weighted by Gasteiger charge is 2.23. The number of likely N-dealkylation sites (N-methyl/N-ethyl adjacent to an activating group) is 1. The number of rotatable bonds is 1. The minimum atomic E-state index is 0.0556. The van der Waals surface area contributed by atoms with Crippen LogP contribution in [0.1, 0.15) is 0 Å². The Morgan fingerprint density at radius 3 is 2.80 bits per heavy atom. The van der Waals surface area contributed by atoms with Crippen molar-refractivity contribution in [1.82, 2.24) is 10.2 Å². The summed E-state index contributed by atoms with van der Waals surface area (Å²) in [6.45, 7) is 0. The maximum Gasteiger partial charge on any atom is 0.240 e. The minimum absolute atomic E-state index is 0.0556. The molecule has 1 N–H and O–H groups in total. The lowest BCUT2D eigenvalue weighted by Crippen LogP contribution is -2.41. The summed E-state index contributed by atoms with van der Waals surface area (Å²) in [4.78, 5) is 12.8. The van der Waals surface area contributed by atoms with Crippen molar-refractivity contribution in [3.63, 3.8) is 0 Å². The fraction of sp³-hybridized carbons (Fsp3) is 0.833. The van der Waals surface area contributed by atoms with Crippen molar-refractivity contribution in [3.8, 4) is 0 Å². The van der Waals surface area contributed by atoms with Crippen molar-refractivity contribution in [2.45, 2.75) is 6.04 Å². The van der Waals surface area contributed by atoms with Crippen molar-refractivity contribution in [2.24, 2.45) is 0 Å².